The number of hydrogen-bond acceptors (Lipinski definition) is 4. The summed E-state index contributed by atoms with van der Waals surface area (Å²) in [6.07, 6.45) is 1.80. The molecule has 0 spiro atoms. The highest BCUT2D eigenvalue weighted by Crippen LogP contribution is 2.34. The van der Waals surface area contributed by atoms with Gasteiger partial charge in [-0.2, -0.15) is 0 Å². The standard InChI is InChI=1S/C20H23N3O2/c1-2-25-16-10-8-14(9-11-16)18-13-12-17-19(21-18)22-23(20(17)24)15-6-4-3-5-7-15/h3-11,17-19,21-22H,2,12-13H2,1H3. The van der Waals surface area contributed by atoms with E-state index in [2.05, 4.69) is 22.9 Å². The average molecular weight is 337 g/mol. The van der Waals surface area contributed by atoms with Crippen LogP contribution in [0.25, 0.3) is 0 Å². The van der Waals surface area contributed by atoms with Crippen molar-refractivity contribution in [2.45, 2.75) is 32.0 Å². The molecule has 25 heavy (non-hydrogen) atoms. The van der Waals surface area contributed by atoms with Gasteiger partial charge >= 0.3 is 0 Å². The quantitative estimate of drug-likeness (QED) is 0.900. The average Bonchev–Trinajstić information content (AvgIpc) is 2.99. The summed E-state index contributed by atoms with van der Waals surface area (Å²) < 4.78 is 5.51. The normalized spacial score (nSPS) is 25.7. The van der Waals surface area contributed by atoms with Crippen molar-refractivity contribution in [3.63, 3.8) is 0 Å². The minimum atomic E-state index is -0.0296. The number of rotatable bonds is 4. The molecule has 0 saturated carbocycles. The zero-order valence-corrected chi connectivity index (χ0v) is 14.3. The molecule has 5 nitrogen and oxygen atoms in total. The van der Waals surface area contributed by atoms with Gasteiger partial charge in [-0.05, 0) is 49.6 Å². The minimum absolute atomic E-state index is 0.0147. The number of anilines is 1. The Labute approximate surface area is 148 Å². The summed E-state index contributed by atoms with van der Waals surface area (Å²) in [7, 11) is 0. The molecule has 0 aliphatic carbocycles. The monoisotopic (exact) mass is 337 g/mol. The Balaban J connectivity index is 1.47. The molecule has 2 aliphatic heterocycles. The van der Waals surface area contributed by atoms with E-state index in [1.165, 1.54) is 5.56 Å². The Morgan fingerprint density at radius 1 is 1.08 bits per heavy atom. The maximum Gasteiger partial charge on any atom is 0.247 e. The number of para-hydroxylation sites is 1. The first kappa shape index (κ1) is 16.1. The van der Waals surface area contributed by atoms with Gasteiger partial charge in [0.1, 0.15) is 5.75 Å². The lowest BCUT2D eigenvalue weighted by Crippen LogP contribution is -2.49. The maximum absolute atomic E-state index is 12.7. The van der Waals surface area contributed by atoms with E-state index in [9.17, 15) is 4.79 Å². The third-order valence-electron chi connectivity index (χ3n) is 4.96. The van der Waals surface area contributed by atoms with Crippen LogP contribution in [0, 0.1) is 5.92 Å². The lowest BCUT2D eigenvalue weighted by atomic mass is 9.89. The summed E-state index contributed by atoms with van der Waals surface area (Å²) in [5.41, 5.74) is 5.46. The molecular weight excluding hydrogens is 314 g/mol. The first-order valence-corrected chi connectivity index (χ1v) is 8.90. The van der Waals surface area contributed by atoms with Crippen LogP contribution in [0.4, 0.5) is 5.69 Å². The number of benzene rings is 2. The topological polar surface area (TPSA) is 53.6 Å². The van der Waals surface area contributed by atoms with E-state index in [1.54, 1.807) is 5.01 Å². The van der Waals surface area contributed by atoms with Crippen molar-refractivity contribution in [3.05, 3.63) is 60.2 Å². The molecule has 2 aromatic carbocycles. The van der Waals surface area contributed by atoms with Gasteiger partial charge in [0.15, 0.2) is 0 Å². The molecule has 2 saturated heterocycles. The van der Waals surface area contributed by atoms with E-state index >= 15 is 0 Å². The van der Waals surface area contributed by atoms with Gasteiger partial charge in [-0.15, -0.1) is 0 Å². The van der Waals surface area contributed by atoms with Crippen LogP contribution >= 0.6 is 0 Å². The number of ether oxygens (including phenoxy) is 1. The highest BCUT2D eigenvalue weighted by Gasteiger charge is 2.44. The van der Waals surface area contributed by atoms with Crippen LogP contribution in [0.3, 0.4) is 0 Å². The summed E-state index contributed by atoms with van der Waals surface area (Å²) in [5, 5.41) is 5.28. The smallest absolute Gasteiger partial charge is 0.247 e. The minimum Gasteiger partial charge on any atom is -0.494 e. The lowest BCUT2D eigenvalue weighted by molar-refractivity contribution is -0.121. The van der Waals surface area contributed by atoms with Crippen molar-refractivity contribution in [3.8, 4) is 5.75 Å². The largest absolute Gasteiger partial charge is 0.494 e. The number of amides is 1. The number of hydrazine groups is 1. The molecule has 0 radical (unpaired) electrons. The second kappa shape index (κ2) is 6.86. The summed E-state index contributed by atoms with van der Waals surface area (Å²) in [6, 6.07) is 18.2. The molecule has 2 aromatic rings. The van der Waals surface area contributed by atoms with E-state index in [1.807, 2.05) is 49.4 Å². The van der Waals surface area contributed by atoms with Gasteiger partial charge in [0.2, 0.25) is 5.91 Å². The molecule has 3 unspecified atom stereocenters. The molecule has 3 atom stereocenters. The van der Waals surface area contributed by atoms with Gasteiger partial charge in [0.25, 0.3) is 0 Å². The fourth-order valence-electron chi connectivity index (χ4n) is 3.70. The van der Waals surface area contributed by atoms with E-state index in [0.717, 1.165) is 24.3 Å². The Hall–Kier alpha value is -2.37. The van der Waals surface area contributed by atoms with Crippen molar-refractivity contribution >= 4 is 11.6 Å². The van der Waals surface area contributed by atoms with Crippen LogP contribution in [0.15, 0.2) is 54.6 Å². The number of fused-ring (bicyclic) bond motifs is 1. The number of hydrogen-bond donors (Lipinski definition) is 2. The number of nitrogens with zero attached hydrogens (tertiary/aromatic N) is 1. The van der Waals surface area contributed by atoms with Crippen LogP contribution in [0.2, 0.25) is 0 Å². The molecule has 0 bridgehead atoms. The Morgan fingerprint density at radius 3 is 2.56 bits per heavy atom. The van der Waals surface area contributed by atoms with Crippen LogP contribution in [-0.4, -0.2) is 18.7 Å². The molecule has 5 heteroatoms. The molecular formula is C20H23N3O2. The molecule has 2 aliphatic rings. The zero-order chi connectivity index (χ0) is 17.2. The SMILES string of the molecule is CCOc1ccc(C2CCC3C(=O)N(c4ccccc4)NC3N2)cc1. The van der Waals surface area contributed by atoms with Gasteiger partial charge in [-0.1, -0.05) is 30.3 Å². The van der Waals surface area contributed by atoms with Crippen LogP contribution < -0.4 is 20.5 Å². The van der Waals surface area contributed by atoms with Crippen molar-refractivity contribution in [2.24, 2.45) is 5.92 Å². The second-order valence-corrected chi connectivity index (χ2v) is 6.52. The molecule has 130 valence electrons. The molecule has 2 heterocycles. The fraction of sp³-hybridized carbons (Fsp3) is 0.350. The van der Waals surface area contributed by atoms with Gasteiger partial charge in [-0.3, -0.25) is 10.1 Å². The Bertz CT molecular complexity index is 732. The summed E-state index contributed by atoms with van der Waals surface area (Å²) >= 11 is 0. The maximum atomic E-state index is 12.7. The molecule has 1 amide bonds. The van der Waals surface area contributed by atoms with Crippen LogP contribution in [-0.2, 0) is 4.79 Å². The lowest BCUT2D eigenvalue weighted by Gasteiger charge is -2.31. The third kappa shape index (κ3) is 3.13. The molecule has 0 aromatic heterocycles. The summed E-state index contributed by atoms with van der Waals surface area (Å²) in [4.78, 5) is 12.7. The van der Waals surface area contributed by atoms with Crippen LogP contribution in [0.1, 0.15) is 31.4 Å². The number of piperidine rings is 1. The van der Waals surface area contributed by atoms with Crippen LogP contribution in [0.5, 0.6) is 5.75 Å². The van der Waals surface area contributed by atoms with E-state index in [4.69, 9.17) is 4.74 Å². The van der Waals surface area contributed by atoms with Crippen molar-refractivity contribution < 1.29 is 9.53 Å². The third-order valence-corrected chi connectivity index (χ3v) is 4.96. The Morgan fingerprint density at radius 2 is 1.84 bits per heavy atom. The number of nitrogens with one attached hydrogen (secondary N) is 2. The van der Waals surface area contributed by atoms with Crippen molar-refractivity contribution in [1.82, 2.24) is 10.7 Å². The van der Waals surface area contributed by atoms with Gasteiger partial charge < -0.3 is 4.74 Å². The van der Waals surface area contributed by atoms with Gasteiger partial charge in [-0.25, -0.2) is 10.4 Å². The second-order valence-electron chi connectivity index (χ2n) is 6.52. The Kier molecular flexibility index (Phi) is 4.42. The highest BCUT2D eigenvalue weighted by atomic mass is 16.5. The van der Waals surface area contributed by atoms with E-state index < -0.39 is 0 Å². The number of carbonyl (C=O) groups is 1. The predicted octanol–water partition coefficient (Wildman–Crippen LogP) is 3.00. The first-order chi connectivity index (χ1) is 12.3. The highest BCUT2D eigenvalue weighted by molar-refractivity contribution is 5.96. The van der Waals surface area contributed by atoms with Gasteiger partial charge in [0.05, 0.1) is 24.4 Å². The van der Waals surface area contributed by atoms with Crippen molar-refractivity contribution in [2.75, 3.05) is 11.6 Å². The van der Waals surface area contributed by atoms with E-state index in [-0.39, 0.29) is 24.0 Å². The summed E-state index contributed by atoms with van der Waals surface area (Å²) in [6.45, 7) is 2.66. The number of carbonyl (C=O) groups excluding carboxylic acids is 1. The molecule has 2 N–H and O–H groups in total. The molecule has 2 fully saturated rings. The molecule has 4 rings (SSSR count). The zero-order valence-electron chi connectivity index (χ0n) is 14.3. The fourth-order valence-corrected chi connectivity index (χ4v) is 3.70. The summed E-state index contributed by atoms with van der Waals surface area (Å²) in [5.74, 6) is 1.03. The predicted molar refractivity (Wildman–Crippen MR) is 97.1 cm³/mol. The van der Waals surface area contributed by atoms with E-state index in [0.29, 0.717) is 6.61 Å². The van der Waals surface area contributed by atoms with Crippen molar-refractivity contribution in [1.29, 1.82) is 0 Å². The van der Waals surface area contributed by atoms with Gasteiger partial charge in [0, 0.05) is 6.04 Å². The first-order valence-electron chi connectivity index (χ1n) is 8.90.